The summed E-state index contributed by atoms with van der Waals surface area (Å²) in [7, 11) is 1.18. The highest BCUT2D eigenvalue weighted by atomic mass is 19.4. The number of rotatable bonds is 4. The number of halogens is 5. The maximum atomic E-state index is 13.7. The van der Waals surface area contributed by atoms with E-state index in [-0.39, 0.29) is 16.8 Å². The molecule has 1 heterocycles. The van der Waals surface area contributed by atoms with Crippen molar-refractivity contribution in [2.75, 3.05) is 5.32 Å². The summed E-state index contributed by atoms with van der Waals surface area (Å²) in [6.07, 6.45) is -4.76. The second-order valence-electron chi connectivity index (χ2n) is 6.08. The number of para-hydroxylation sites is 1. The Balaban J connectivity index is 2.02. The summed E-state index contributed by atoms with van der Waals surface area (Å²) in [5, 5.41) is 16.7. The van der Waals surface area contributed by atoms with Crippen LogP contribution in [0, 0.1) is 21.7 Å². The Bertz CT molecular complexity index is 1140. The number of hydrogen-bond donors (Lipinski definition) is 1. The molecule has 0 spiro atoms. The normalized spacial score (nSPS) is 11.4. The second-order valence-corrected chi connectivity index (χ2v) is 6.08. The third-order valence-corrected chi connectivity index (χ3v) is 4.10. The summed E-state index contributed by atoms with van der Waals surface area (Å²) in [6.45, 7) is 0. The molecular weight excluding hydrogens is 415 g/mol. The highest BCUT2D eigenvalue weighted by molar-refractivity contribution is 6.05. The van der Waals surface area contributed by atoms with Gasteiger partial charge < -0.3 is 5.32 Å². The topological polar surface area (TPSA) is 90.1 Å². The Kier molecular flexibility index (Phi) is 5.25. The number of nitrogens with one attached hydrogen (secondary N) is 1. The Morgan fingerprint density at radius 2 is 1.77 bits per heavy atom. The molecule has 0 saturated heterocycles. The molecule has 1 amide bonds. The Hall–Kier alpha value is -3.83. The van der Waals surface area contributed by atoms with Gasteiger partial charge in [0.05, 0.1) is 16.2 Å². The first-order chi connectivity index (χ1) is 14.0. The largest absolute Gasteiger partial charge is 0.435 e. The molecule has 3 rings (SSSR count). The number of benzene rings is 2. The first-order valence-corrected chi connectivity index (χ1v) is 8.14. The van der Waals surface area contributed by atoms with Gasteiger partial charge in [-0.25, -0.2) is 8.78 Å². The van der Waals surface area contributed by atoms with Crippen molar-refractivity contribution in [1.29, 1.82) is 0 Å². The lowest BCUT2D eigenvalue weighted by Gasteiger charge is -2.09. The minimum atomic E-state index is -4.76. The molecule has 1 aromatic heterocycles. The van der Waals surface area contributed by atoms with Crippen LogP contribution in [-0.2, 0) is 13.2 Å². The maximum absolute atomic E-state index is 13.7. The third-order valence-electron chi connectivity index (χ3n) is 4.10. The first-order valence-electron chi connectivity index (χ1n) is 8.14. The number of anilines is 1. The van der Waals surface area contributed by atoms with Gasteiger partial charge in [-0.15, -0.1) is 0 Å². The van der Waals surface area contributed by atoms with Crippen molar-refractivity contribution in [3.05, 3.63) is 75.5 Å². The lowest BCUT2D eigenvalue weighted by molar-refractivity contribution is -0.384. The van der Waals surface area contributed by atoms with Gasteiger partial charge in [-0.3, -0.25) is 19.6 Å². The number of nitro benzene ring substituents is 1. The van der Waals surface area contributed by atoms with Gasteiger partial charge in [0.2, 0.25) is 0 Å². The smallest absolute Gasteiger partial charge is 0.317 e. The quantitative estimate of drug-likeness (QED) is 0.377. The SMILES string of the molecule is Cn1nc(C(F)(F)F)cc1-c1ccc(C(=O)Nc2c(F)cccc2F)cc1[N+](=O)[O-]. The lowest BCUT2D eigenvalue weighted by atomic mass is 10.0. The zero-order chi connectivity index (χ0) is 22.2. The standard InChI is InChI=1S/C18H11F5N4O3/c1-26-13(8-15(25-26)18(21,22)23)10-6-5-9(7-14(10)27(29)30)17(28)24-16-11(19)3-2-4-12(16)20/h2-8H,1H3,(H,24,28). The number of hydrogen-bond acceptors (Lipinski definition) is 4. The molecule has 7 nitrogen and oxygen atoms in total. The average molecular weight is 426 g/mol. The molecule has 0 fully saturated rings. The number of aryl methyl sites for hydroxylation is 1. The zero-order valence-electron chi connectivity index (χ0n) is 15.0. The Morgan fingerprint density at radius 3 is 2.30 bits per heavy atom. The average Bonchev–Trinajstić information content (AvgIpc) is 3.06. The van der Waals surface area contributed by atoms with E-state index in [0.29, 0.717) is 6.07 Å². The number of nitrogens with zero attached hydrogens (tertiary/aromatic N) is 3. The molecule has 30 heavy (non-hydrogen) atoms. The van der Waals surface area contributed by atoms with Crippen molar-refractivity contribution < 1.29 is 31.7 Å². The Morgan fingerprint density at radius 1 is 1.13 bits per heavy atom. The molecule has 2 aromatic carbocycles. The van der Waals surface area contributed by atoms with Crippen LogP contribution in [0.3, 0.4) is 0 Å². The van der Waals surface area contributed by atoms with E-state index in [9.17, 15) is 36.9 Å². The first kappa shape index (κ1) is 20.9. The highest BCUT2D eigenvalue weighted by Crippen LogP contribution is 2.35. The summed E-state index contributed by atoms with van der Waals surface area (Å²) >= 11 is 0. The van der Waals surface area contributed by atoms with Crippen LogP contribution in [0.4, 0.5) is 33.3 Å². The summed E-state index contributed by atoms with van der Waals surface area (Å²) in [5.41, 5.74) is -3.43. The van der Waals surface area contributed by atoms with Crippen molar-refractivity contribution in [2.45, 2.75) is 6.18 Å². The van der Waals surface area contributed by atoms with Gasteiger partial charge in [0.15, 0.2) is 5.69 Å². The molecule has 12 heteroatoms. The molecule has 156 valence electrons. The van der Waals surface area contributed by atoms with Crippen LogP contribution in [-0.4, -0.2) is 20.6 Å². The van der Waals surface area contributed by atoms with Crippen molar-refractivity contribution in [1.82, 2.24) is 9.78 Å². The number of alkyl halides is 3. The molecule has 0 bridgehead atoms. The molecule has 0 atom stereocenters. The number of carbonyl (C=O) groups excluding carboxylic acids is 1. The molecule has 0 unspecified atom stereocenters. The Labute approximate surface area is 164 Å². The van der Waals surface area contributed by atoms with Crippen LogP contribution >= 0.6 is 0 Å². The predicted molar refractivity (Wildman–Crippen MR) is 94.6 cm³/mol. The van der Waals surface area contributed by atoms with Crippen LogP contribution in [0.5, 0.6) is 0 Å². The zero-order valence-corrected chi connectivity index (χ0v) is 15.0. The van der Waals surface area contributed by atoms with Gasteiger partial charge in [0.1, 0.15) is 17.3 Å². The van der Waals surface area contributed by atoms with E-state index >= 15 is 0 Å². The fraction of sp³-hybridized carbons (Fsp3) is 0.111. The van der Waals surface area contributed by atoms with Crippen molar-refractivity contribution in [2.24, 2.45) is 7.05 Å². The number of carbonyl (C=O) groups is 1. The van der Waals surface area contributed by atoms with Crippen molar-refractivity contribution in [3.8, 4) is 11.3 Å². The predicted octanol–water partition coefficient (Wildman–Crippen LogP) is 4.54. The van der Waals surface area contributed by atoms with E-state index in [1.807, 2.05) is 5.32 Å². The molecule has 0 radical (unpaired) electrons. The molecule has 3 aromatic rings. The van der Waals surface area contributed by atoms with Gasteiger partial charge in [-0.05, 0) is 30.3 Å². The summed E-state index contributed by atoms with van der Waals surface area (Å²) in [6, 6.07) is 6.47. The van der Waals surface area contributed by atoms with Gasteiger partial charge in [0, 0.05) is 18.7 Å². The van der Waals surface area contributed by atoms with E-state index in [1.54, 1.807) is 0 Å². The molecule has 0 saturated carbocycles. The fourth-order valence-electron chi connectivity index (χ4n) is 2.70. The second kappa shape index (κ2) is 7.54. The lowest BCUT2D eigenvalue weighted by Crippen LogP contribution is -2.14. The van der Waals surface area contributed by atoms with Crippen LogP contribution in [0.1, 0.15) is 16.1 Å². The summed E-state index contributed by atoms with van der Waals surface area (Å²) < 4.78 is 66.8. The van der Waals surface area contributed by atoms with Crippen LogP contribution in [0.25, 0.3) is 11.3 Å². The van der Waals surface area contributed by atoms with Gasteiger partial charge >= 0.3 is 6.18 Å². The van der Waals surface area contributed by atoms with Gasteiger partial charge in [-0.2, -0.15) is 18.3 Å². The van der Waals surface area contributed by atoms with E-state index in [0.717, 1.165) is 41.1 Å². The van der Waals surface area contributed by atoms with Crippen LogP contribution in [0.15, 0.2) is 42.5 Å². The fourth-order valence-corrected chi connectivity index (χ4v) is 2.70. The highest BCUT2D eigenvalue weighted by Gasteiger charge is 2.35. The number of aromatic nitrogens is 2. The maximum Gasteiger partial charge on any atom is 0.435 e. The molecule has 0 aliphatic heterocycles. The molecule has 0 aliphatic rings. The minimum Gasteiger partial charge on any atom is -0.317 e. The third kappa shape index (κ3) is 3.97. The summed E-state index contributed by atoms with van der Waals surface area (Å²) in [4.78, 5) is 22.9. The molecule has 1 N–H and O–H groups in total. The number of nitro groups is 1. The van der Waals surface area contributed by atoms with Crippen LogP contribution < -0.4 is 5.32 Å². The van der Waals surface area contributed by atoms with Crippen molar-refractivity contribution >= 4 is 17.3 Å². The van der Waals surface area contributed by atoms with Crippen molar-refractivity contribution in [3.63, 3.8) is 0 Å². The van der Waals surface area contributed by atoms with E-state index in [2.05, 4.69) is 5.10 Å². The van der Waals surface area contributed by atoms with E-state index < -0.39 is 45.7 Å². The summed E-state index contributed by atoms with van der Waals surface area (Å²) in [5.74, 6) is -3.15. The van der Waals surface area contributed by atoms with E-state index in [1.165, 1.54) is 7.05 Å². The van der Waals surface area contributed by atoms with E-state index in [4.69, 9.17) is 0 Å². The van der Waals surface area contributed by atoms with Crippen LogP contribution in [0.2, 0.25) is 0 Å². The monoisotopic (exact) mass is 426 g/mol. The minimum absolute atomic E-state index is 0.207. The molecule has 0 aliphatic carbocycles. The molecular formula is C18H11F5N4O3. The van der Waals surface area contributed by atoms with Gasteiger partial charge in [-0.1, -0.05) is 6.07 Å². The number of amides is 1. The van der Waals surface area contributed by atoms with Gasteiger partial charge in [0.25, 0.3) is 11.6 Å².